The van der Waals surface area contributed by atoms with Crippen LogP contribution >= 0.6 is 0 Å². The zero-order chi connectivity index (χ0) is 28.3. The monoisotopic (exact) mass is 551 g/mol. The predicted molar refractivity (Wildman–Crippen MR) is 147 cm³/mol. The van der Waals surface area contributed by atoms with Crippen molar-refractivity contribution >= 4 is 27.8 Å². The molecule has 0 aliphatic heterocycles. The summed E-state index contributed by atoms with van der Waals surface area (Å²) in [6.45, 7) is 11.3. The second-order valence-electron chi connectivity index (χ2n) is 11.0. The number of aromatic nitrogens is 2. The molecule has 1 saturated carbocycles. The van der Waals surface area contributed by atoms with Crippen molar-refractivity contribution < 1.29 is 27.1 Å². The van der Waals surface area contributed by atoms with Gasteiger partial charge < -0.3 is 24.1 Å². The highest BCUT2D eigenvalue weighted by molar-refractivity contribution is 7.92. The molecular weight excluding hydrogens is 510 g/mol. The number of methoxy groups -OCH3 is 1. The average molecular weight is 552 g/mol. The van der Waals surface area contributed by atoms with Gasteiger partial charge in [0.15, 0.2) is 0 Å². The topological polar surface area (TPSA) is 127 Å². The molecule has 0 bridgehead atoms. The van der Waals surface area contributed by atoms with Crippen molar-refractivity contribution in [1.29, 1.82) is 0 Å². The van der Waals surface area contributed by atoms with Gasteiger partial charge >= 0.3 is 6.09 Å². The molecule has 3 rings (SSSR count). The van der Waals surface area contributed by atoms with Gasteiger partial charge in [-0.3, -0.25) is 4.31 Å². The first-order valence-electron chi connectivity index (χ1n) is 12.8. The third-order valence-corrected chi connectivity index (χ3v) is 7.67. The predicted octanol–water partition coefficient (Wildman–Crippen LogP) is 4.22. The van der Waals surface area contributed by atoms with Crippen LogP contribution in [0.25, 0.3) is 11.5 Å². The highest BCUT2D eigenvalue weighted by Crippen LogP contribution is 2.41. The van der Waals surface area contributed by atoms with Crippen LogP contribution in [-0.4, -0.2) is 70.2 Å². The Morgan fingerprint density at radius 3 is 2.50 bits per heavy atom. The molecule has 0 saturated heterocycles. The summed E-state index contributed by atoms with van der Waals surface area (Å²) in [6.07, 6.45) is 4.35. The number of hydrogen-bond acceptors (Lipinski definition) is 9. The molecule has 38 heavy (non-hydrogen) atoms. The van der Waals surface area contributed by atoms with Gasteiger partial charge in [-0.2, -0.15) is 0 Å². The van der Waals surface area contributed by atoms with Crippen molar-refractivity contribution in [2.24, 2.45) is 11.8 Å². The Hall–Kier alpha value is -2.86. The van der Waals surface area contributed by atoms with Crippen molar-refractivity contribution in [3.63, 3.8) is 0 Å². The number of pyridine rings is 1. The maximum Gasteiger partial charge on any atom is 0.408 e. The second kappa shape index (κ2) is 11.9. The van der Waals surface area contributed by atoms with Crippen LogP contribution in [0.5, 0.6) is 0 Å². The summed E-state index contributed by atoms with van der Waals surface area (Å²) in [7, 11) is -0.449. The van der Waals surface area contributed by atoms with E-state index in [4.69, 9.17) is 13.9 Å². The summed E-state index contributed by atoms with van der Waals surface area (Å²) in [6, 6.07) is 2.97. The third-order valence-electron chi connectivity index (χ3n) is 6.48. The van der Waals surface area contributed by atoms with E-state index in [-0.39, 0.29) is 11.7 Å². The molecular formula is C26H41N5O6S. The minimum atomic E-state index is -3.56. The normalized spacial score (nSPS) is 18.1. The molecule has 1 aliphatic carbocycles. The molecule has 1 fully saturated rings. The van der Waals surface area contributed by atoms with Crippen LogP contribution in [0.2, 0.25) is 0 Å². The van der Waals surface area contributed by atoms with Gasteiger partial charge in [-0.25, -0.2) is 23.2 Å². The third kappa shape index (κ3) is 8.32. The Morgan fingerprint density at radius 1 is 1.26 bits per heavy atom. The number of anilines is 2. The standard InChI is InChI=1S/C26H41N5O6S/c1-17-13-19(17)9-10-31(11-12-35-7)23-15-20(14-22(29-23)30(6)38(8,33)34)24-27-16-21(36-24)18(2)28-25(32)37-26(3,4)5/h14-19H,9-13H2,1-8H3,(H,28,32). The molecule has 1 amide bonds. The number of nitrogens with zero attached hydrogens (tertiary/aromatic N) is 4. The van der Waals surface area contributed by atoms with Crippen LogP contribution in [0.3, 0.4) is 0 Å². The van der Waals surface area contributed by atoms with Gasteiger partial charge in [-0.1, -0.05) is 6.92 Å². The fraction of sp³-hybridized carbons (Fsp3) is 0.654. The van der Waals surface area contributed by atoms with E-state index in [2.05, 4.69) is 27.1 Å². The van der Waals surface area contributed by atoms with E-state index in [0.717, 1.165) is 29.4 Å². The maximum atomic E-state index is 12.3. The molecule has 2 heterocycles. The minimum absolute atomic E-state index is 0.252. The summed E-state index contributed by atoms with van der Waals surface area (Å²) < 4.78 is 42.5. The molecule has 212 valence electrons. The van der Waals surface area contributed by atoms with E-state index >= 15 is 0 Å². The lowest BCUT2D eigenvalue weighted by Gasteiger charge is -2.26. The van der Waals surface area contributed by atoms with Gasteiger partial charge in [-0.15, -0.1) is 0 Å². The first kappa shape index (κ1) is 29.7. The SMILES string of the molecule is COCCN(CCC1CC1C)c1cc(-c2ncc(C(C)NC(=O)OC(C)(C)C)o2)cc(N(C)S(C)(=O)=O)n1. The van der Waals surface area contributed by atoms with Crippen LogP contribution in [0.15, 0.2) is 22.7 Å². The van der Waals surface area contributed by atoms with Gasteiger partial charge in [-0.05, 0) is 64.5 Å². The molecule has 11 nitrogen and oxygen atoms in total. The molecule has 3 atom stereocenters. The van der Waals surface area contributed by atoms with Crippen molar-refractivity contribution in [3.8, 4) is 11.5 Å². The molecule has 0 radical (unpaired) electrons. The van der Waals surface area contributed by atoms with E-state index < -0.39 is 27.8 Å². The number of ether oxygens (including phenoxy) is 2. The first-order valence-corrected chi connectivity index (χ1v) is 14.7. The number of amides is 1. The summed E-state index contributed by atoms with van der Waals surface area (Å²) in [5.74, 6) is 3.00. The summed E-state index contributed by atoms with van der Waals surface area (Å²) >= 11 is 0. The minimum Gasteiger partial charge on any atom is -0.444 e. The van der Waals surface area contributed by atoms with Crippen molar-refractivity contribution in [2.75, 3.05) is 49.3 Å². The summed E-state index contributed by atoms with van der Waals surface area (Å²) in [5, 5.41) is 2.74. The molecule has 1 N–H and O–H groups in total. The Balaban J connectivity index is 1.92. The second-order valence-corrected chi connectivity index (χ2v) is 13.0. The Kier molecular flexibility index (Phi) is 9.30. The molecule has 0 spiro atoms. The number of carbonyl (C=O) groups excluding carboxylic acids is 1. The van der Waals surface area contributed by atoms with Gasteiger partial charge in [0.1, 0.15) is 23.0 Å². The van der Waals surface area contributed by atoms with Crippen molar-refractivity contribution in [2.45, 2.75) is 59.1 Å². The maximum absolute atomic E-state index is 12.3. The van der Waals surface area contributed by atoms with Crippen molar-refractivity contribution in [3.05, 3.63) is 24.1 Å². The molecule has 2 aromatic heterocycles. The van der Waals surface area contributed by atoms with Crippen molar-refractivity contribution in [1.82, 2.24) is 15.3 Å². The fourth-order valence-electron chi connectivity index (χ4n) is 3.96. The van der Waals surface area contributed by atoms with Gasteiger partial charge in [0.2, 0.25) is 15.9 Å². The van der Waals surface area contributed by atoms with Gasteiger partial charge in [0.05, 0.1) is 25.1 Å². The molecule has 3 unspecified atom stereocenters. The molecule has 2 aromatic rings. The molecule has 1 aliphatic rings. The molecule has 12 heteroatoms. The van der Waals surface area contributed by atoms with E-state index in [1.54, 1.807) is 40.9 Å². The lowest BCUT2D eigenvalue weighted by atomic mass is 10.2. The number of carbonyl (C=O) groups is 1. The van der Waals surface area contributed by atoms with Gasteiger partial charge in [0.25, 0.3) is 0 Å². The number of rotatable bonds is 12. The quantitative estimate of drug-likeness (QED) is 0.412. The number of hydrogen-bond donors (Lipinski definition) is 1. The van der Waals surface area contributed by atoms with Crippen LogP contribution in [-0.2, 0) is 19.5 Å². The number of oxazole rings is 1. The zero-order valence-corrected chi connectivity index (χ0v) is 24.5. The van der Waals surface area contributed by atoms with Crippen LogP contribution in [0.4, 0.5) is 16.4 Å². The largest absolute Gasteiger partial charge is 0.444 e. The lowest BCUT2D eigenvalue weighted by molar-refractivity contribution is 0.0502. The van der Waals surface area contributed by atoms with E-state index in [1.807, 2.05) is 6.07 Å². The number of alkyl carbamates (subject to hydrolysis) is 1. The summed E-state index contributed by atoms with van der Waals surface area (Å²) in [4.78, 5) is 23.4. The average Bonchev–Trinajstić information content (AvgIpc) is 3.29. The van der Waals surface area contributed by atoms with Crippen LogP contribution in [0, 0.1) is 11.8 Å². The Bertz CT molecular complexity index is 1210. The highest BCUT2D eigenvalue weighted by atomic mass is 32.2. The highest BCUT2D eigenvalue weighted by Gasteiger charge is 2.32. The number of sulfonamides is 1. The first-order chi connectivity index (χ1) is 17.7. The zero-order valence-electron chi connectivity index (χ0n) is 23.6. The fourth-order valence-corrected chi connectivity index (χ4v) is 4.39. The van der Waals surface area contributed by atoms with Gasteiger partial charge in [0, 0.05) is 32.8 Å². The van der Waals surface area contributed by atoms with Crippen LogP contribution < -0.4 is 14.5 Å². The van der Waals surface area contributed by atoms with E-state index in [9.17, 15) is 13.2 Å². The lowest BCUT2D eigenvalue weighted by Crippen LogP contribution is -2.33. The Labute approximate surface area is 226 Å². The van der Waals surface area contributed by atoms with E-state index in [0.29, 0.717) is 36.2 Å². The molecule has 0 aromatic carbocycles. The van der Waals surface area contributed by atoms with Crippen LogP contribution in [0.1, 0.15) is 59.3 Å². The smallest absolute Gasteiger partial charge is 0.408 e. The summed E-state index contributed by atoms with van der Waals surface area (Å²) in [5.41, 5.74) is -0.0589. The Morgan fingerprint density at radius 2 is 1.92 bits per heavy atom. The van der Waals surface area contributed by atoms with E-state index in [1.165, 1.54) is 19.7 Å². The number of nitrogens with one attached hydrogen (secondary N) is 1.